The lowest BCUT2D eigenvalue weighted by Crippen LogP contribution is -2.35. The molecule has 0 fully saturated rings. The average molecular weight is 224 g/mol. The highest BCUT2D eigenvalue weighted by Gasteiger charge is 2.29. The third kappa shape index (κ3) is 2.92. The lowest BCUT2D eigenvalue weighted by molar-refractivity contribution is -0.0163. The van der Waals surface area contributed by atoms with Gasteiger partial charge in [-0.15, -0.1) is 0 Å². The van der Waals surface area contributed by atoms with Crippen LogP contribution in [0.4, 0.5) is 8.78 Å². The Morgan fingerprint density at radius 2 is 2.29 bits per heavy atom. The first-order valence-electron chi connectivity index (χ1n) is 4.16. The van der Waals surface area contributed by atoms with Crippen molar-refractivity contribution in [2.45, 2.75) is 19.4 Å². The fourth-order valence-corrected chi connectivity index (χ4v) is 1.28. The first-order valence-corrected chi connectivity index (χ1v) is 4.54. The molecule has 0 aliphatic carbocycles. The van der Waals surface area contributed by atoms with Crippen LogP contribution in [-0.4, -0.2) is 29.3 Å². The van der Waals surface area contributed by atoms with E-state index in [9.17, 15) is 8.78 Å². The molecule has 80 valence electrons. The Hall–Kier alpha value is -0.680. The van der Waals surface area contributed by atoms with E-state index in [0.717, 1.165) is 4.68 Å². The predicted molar refractivity (Wildman–Crippen MR) is 50.8 cm³/mol. The van der Waals surface area contributed by atoms with Crippen LogP contribution in [0.25, 0.3) is 0 Å². The summed E-state index contributed by atoms with van der Waals surface area (Å²) in [6, 6.07) is 0. The molecular weight excluding hydrogens is 212 g/mol. The van der Waals surface area contributed by atoms with Crippen LogP contribution in [0.15, 0.2) is 6.20 Å². The molecule has 0 aliphatic rings. The standard InChI is InChI=1S/C8H12ClF2N3/c1-6-7(9)3-14(13-6)5-8(10,11)4-12-2/h3,12H,4-5H2,1-2H3. The number of nitrogens with zero attached hydrogens (tertiary/aromatic N) is 2. The van der Waals surface area contributed by atoms with Gasteiger partial charge in [0.25, 0.3) is 5.92 Å². The maximum Gasteiger partial charge on any atom is 0.279 e. The van der Waals surface area contributed by atoms with Crippen molar-refractivity contribution in [2.24, 2.45) is 0 Å². The van der Waals surface area contributed by atoms with Crippen molar-refractivity contribution in [1.29, 1.82) is 0 Å². The van der Waals surface area contributed by atoms with Crippen molar-refractivity contribution in [3.05, 3.63) is 16.9 Å². The molecule has 1 aromatic heterocycles. The molecule has 0 radical (unpaired) electrons. The highest BCUT2D eigenvalue weighted by atomic mass is 35.5. The zero-order valence-corrected chi connectivity index (χ0v) is 8.78. The third-order valence-electron chi connectivity index (χ3n) is 1.72. The van der Waals surface area contributed by atoms with Crippen LogP contribution in [0.5, 0.6) is 0 Å². The van der Waals surface area contributed by atoms with Crippen LogP contribution in [0.1, 0.15) is 5.69 Å². The number of rotatable bonds is 4. The van der Waals surface area contributed by atoms with Crippen LogP contribution in [0, 0.1) is 6.92 Å². The van der Waals surface area contributed by atoms with Crippen LogP contribution in [0.3, 0.4) is 0 Å². The topological polar surface area (TPSA) is 29.9 Å². The quantitative estimate of drug-likeness (QED) is 0.842. The van der Waals surface area contributed by atoms with E-state index in [-0.39, 0.29) is 6.54 Å². The number of nitrogens with one attached hydrogen (secondary N) is 1. The number of aromatic nitrogens is 2. The van der Waals surface area contributed by atoms with Crippen molar-refractivity contribution in [3.63, 3.8) is 0 Å². The summed E-state index contributed by atoms with van der Waals surface area (Å²) in [6.45, 7) is 0.847. The van der Waals surface area contributed by atoms with E-state index in [4.69, 9.17) is 11.6 Å². The van der Waals surface area contributed by atoms with Crippen molar-refractivity contribution >= 4 is 11.6 Å². The van der Waals surface area contributed by atoms with Crippen LogP contribution < -0.4 is 5.32 Å². The van der Waals surface area contributed by atoms with E-state index < -0.39 is 12.5 Å². The molecule has 0 bridgehead atoms. The van der Waals surface area contributed by atoms with E-state index in [1.165, 1.54) is 13.2 Å². The van der Waals surface area contributed by atoms with Gasteiger partial charge >= 0.3 is 0 Å². The van der Waals surface area contributed by atoms with E-state index in [0.29, 0.717) is 10.7 Å². The van der Waals surface area contributed by atoms with Crippen LogP contribution in [0.2, 0.25) is 5.02 Å². The predicted octanol–water partition coefficient (Wildman–Crippen LogP) is 1.70. The van der Waals surface area contributed by atoms with Gasteiger partial charge in [-0.3, -0.25) is 4.68 Å². The fraction of sp³-hybridized carbons (Fsp3) is 0.625. The molecule has 0 atom stereocenters. The number of alkyl halides is 2. The molecule has 3 nitrogen and oxygen atoms in total. The average Bonchev–Trinajstić information content (AvgIpc) is 2.29. The van der Waals surface area contributed by atoms with Crippen LogP contribution in [-0.2, 0) is 6.54 Å². The molecule has 1 heterocycles. The Morgan fingerprint density at radius 1 is 1.64 bits per heavy atom. The lowest BCUT2D eigenvalue weighted by atomic mass is 10.3. The van der Waals surface area contributed by atoms with Gasteiger partial charge in [-0.25, -0.2) is 8.78 Å². The Kier molecular flexibility index (Phi) is 3.44. The highest BCUT2D eigenvalue weighted by Crippen LogP contribution is 2.18. The smallest absolute Gasteiger partial charge is 0.279 e. The lowest BCUT2D eigenvalue weighted by Gasteiger charge is -2.15. The fourth-order valence-electron chi connectivity index (χ4n) is 1.13. The maximum atomic E-state index is 13.1. The molecular formula is C8H12ClF2N3. The van der Waals surface area contributed by atoms with E-state index in [1.54, 1.807) is 6.92 Å². The Balaban J connectivity index is 2.68. The molecule has 0 spiro atoms. The van der Waals surface area contributed by atoms with Crippen molar-refractivity contribution < 1.29 is 8.78 Å². The molecule has 0 saturated heterocycles. The monoisotopic (exact) mass is 223 g/mol. The van der Waals surface area contributed by atoms with Gasteiger partial charge in [-0.05, 0) is 14.0 Å². The van der Waals surface area contributed by atoms with E-state index in [1.807, 2.05) is 0 Å². The summed E-state index contributed by atoms with van der Waals surface area (Å²) in [5, 5.41) is 6.69. The van der Waals surface area contributed by atoms with Gasteiger partial charge in [-0.1, -0.05) is 11.6 Å². The number of hydrogen-bond donors (Lipinski definition) is 1. The molecule has 0 saturated carbocycles. The minimum absolute atomic E-state index is 0.372. The summed E-state index contributed by atoms with van der Waals surface area (Å²) in [4.78, 5) is 0. The first-order chi connectivity index (χ1) is 6.44. The Labute approximate surface area is 86.0 Å². The van der Waals surface area contributed by atoms with E-state index >= 15 is 0 Å². The summed E-state index contributed by atoms with van der Waals surface area (Å²) in [5.74, 6) is -2.81. The second kappa shape index (κ2) is 4.23. The van der Waals surface area contributed by atoms with Gasteiger partial charge in [0, 0.05) is 6.20 Å². The third-order valence-corrected chi connectivity index (χ3v) is 2.09. The SMILES string of the molecule is CNCC(F)(F)Cn1cc(Cl)c(C)n1. The van der Waals surface area contributed by atoms with Gasteiger partial charge in [0.05, 0.1) is 17.3 Å². The minimum Gasteiger partial charge on any atom is -0.314 e. The molecule has 14 heavy (non-hydrogen) atoms. The summed E-state index contributed by atoms with van der Waals surface area (Å²) in [7, 11) is 1.48. The number of aryl methyl sites for hydroxylation is 1. The van der Waals surface area contributed by atoms with Gasteiger partial charge < -0.3 is 5.32 Å². The molecule has 1 aromatic rings. The summed E-state index contributed by atoms with van der Waals surface area (Å²) < 4.78 is 27.3. The molecule has 1 rings (SSSR count). The summed E-state index contributed by atoms with van der Waals surface area (Å²) in [6.07, 6.45) is 1.40. The summed E-state index contributed by atoms with van der Waals surface area (Å²) >= 11 is 5.69. The first kappa shape index (κ1) is 11.4. The van der Waals surface area contributed by atoms with Crippen LogP contribution >= 0.6 is 11.6 Å². The summed E-state index contributed by atoms with van der Waals surface area (Å²) in [5.41, 5.74) is 0.562. The van der Waals surface area contributed by atoms with Crippen molar-refractivity contribution in [3.8, 4) is 0 Å². The van der Waals surface area contributed by atoms with Crippen molar-refractivity contribution in [2.75, 3.05) is 13.6 Å². The second-order valence-corrected chi connectivity index (χ2v) is 3.55. The number of halogens is 3. The molecule has 0 aromatic carbocycles. The number of hydrogen-bond acceptors (Lipinski definition) is 2. The van der Waals surface area contributed by atoms with Crippen molar-refractivity contribution in [1.82, 2.24) is 15.1 Å². The van der Waals surface area contributed by atoms with Gasteiger partial charge in [0.1, 0.15) is 6.54 Å². The van der Waals surface area contributed by atoms with Gasteiger partial charge in [0.2, 0.25) is 0 Å². The molecule has 0 aliphatic heterocycles. The van der Waals surface area contributed by atoms with Gasteiger partial charge in [0.15, 0.2) is 0 Å². The molecule has 0 amide bonds. The normalized spacial score (nSPS) is 12.1. The van der Waals surface area contributed by atoms with E-state index in [2.05, 4.69) is 10.4 Å². The zero-order chi connectivity index (χ0) is 10.8. The zero-order valence-electron chi connectivity index (χ0n) is 8.02. The molecule has 0 unspecified atom stereocenters. The largest absolute Gasteiger partial charge is 0.314 e. The van der Waals surface area contributed by atoms with Gasteiger partial charge in [-0.2, -0.15) is 5.10 Å². The molecule has 1 N–H and O–H groups in total. The Morgan fingerprint density at radius 3 is 2.71 bits per heavy atom. The maximum absolute atomic E-state index is 13.1. The second-order valence-electron chi connectivity index (χ2n) is 3.15. The minimum atomic E-state index is -2.81. The Bertz CT molecular complexity index is 292. The highest BCUT2D eigenvalue weighted by molar-refractivity contribution is 6.31. The molecule has 6 heteroatoms.